The molecule has 3 heterocycles. The topological polar surface area (TPSA) is 46.8 Å². The quantitative estimate of drug-likeness (QED) is 0.754. The molecule has 0 fully saturated rings. The highest BCUT2D eigenvalue weighted by atomic mass is 35.5. The minimum Gasteiger partial charge on any atom is -0.315 e. The maximum absolute atomic E-state index is 5.87. The van der Waals surface area contributed by atoms with E-state index in [2.05, 4.69) is 24.6 Å². The molecule has 6 heteroatoms. The highest BCUT2D eigenvalue weighted by Gasteiger charge is 2.17. The Balaban J connectivity index is 1.72. The van der Waals surface area contributed by atoms with Crippen molar-refractivity contribution in [2.24, 2.45) is 0 Å². The van der Waals surface area contributed by atoms with Gasteiger partial charge in [0.25, 0.3) is 0 Å². The van der Waals surface area contributed by atoms with Crippen LogP contribution in [0.2, 0.25) is 5.15 Å². The van der Waals surface area contributed by atoms with Crippen molar-refractivity contribution in [3.05, 3.63) is 41.2 Å². The van der Waals surface area contributed by atoms with Crippen LogP contribution in [0.1, 0.15) is 11.5 Å². The van der Waals surface area contributed by atoms with E-state index in [9.17, 15) is 0 Å². The van der Waals surface area contributed by atoms with Crippen LogP contribution in [0.5, 0.6) is 0 Å². The van der Waals surface area contributed by atoms with Gasteiger partial charge in [0.2, 0.25) is 0 Å². The normalized spacial score (nSPS) is 15.8. The van der Waals surface area contributed by atoms with Crippen molar-refractivity contribution in [2.45, 2.75) is 19.6 Å². The molecule has 0 unspecified atom stereocenters. The number of aromatic nitrogens is 4. The van der Waals surface area contributed by atoms with Crippen molar-refractivity contribution >= 4 is 11.6 Å². The second-order valence-electron chi connectivity index (χ2n) is 4.10. The Morgan fingerprint density at radius 3 is 3.12 bits per heavy atom. The zero-order valence-electron chi connectivity index (χ0n) is 9.25. The number of nitrogens with zero attached hydrogens (tertiary/aromatic N) is 5. The van der Waals surface area contributed by atoms with E-state index in [1.165, 1.54) is 0 Å². The molecular formula is C11H12ClN5. The molecule has 1 aliphatic rings. The van der Waals surface area contributed by atoms with E-state index in [1.807, 2.05) is 12.1 Å². The van der Waals surface area contributed by atoms with Crippen molar-refractivity contribution in [3.8, 4) is 0 Å². The predicted molar refractivity (Wildman–Crippen MR) is 63.4 cm³/mol. The molecule has 5 nitrogen and oxygen atoms in total. The molecule has 2 aromatic heterocycles. The smallest absolute Gasteiger partial charge is 0.147 e. The number of rotatable bonds is 2. The summed E-state index contributed by atoms with van der Waals surface area (Å²) in [7, 11) is 0. The molecule has 0 saturated carbocycles. The van der Waals surface area contributed by atoms with Gasteiger partial charge in [0.1, 0.15) is 17.3 Å². The van der Waals surface area contributed by atoms with Crippen LogP contribution >= 0.6 is 11.6 Å². The highest BCUT2D eigenvalue weighted by Crippen LogP contribution is 2.13. The monoisotopic (exact) mass is 249 g/mol. The Kier molecular flexibility index (Phi) is 2.78. The molecule has 0 radical (unpaired) electrons. The highest BCUT2D eigenvalue weighted by molar-refractivity contribution is 6.29. The molecular weight excluding hydrogens is 238 g/mol. The van der Waals surface area contributed by atoms with Gasteiger partial charge in [-0.1, -0.05) is 17.7 Å². The second-order valence-corrected chi connectivity index (χ2v) is 4.49. The van der Waals surface area contributed by atoms with Gasteiger partial charge in [0, 0.05) is 19.6 Å². The van der Waals surface area contributed by atoms with Gasteiger partial charge in [-0.05, 0) is 12.1 Å². The molecule has 17 heavy (non-hydrogen) atoms. The zero-order chi connectivity index (χ0) is 11.7. The van der Waals surface area contributed by atoms with Crippen LogP contribution in [-0.2, 0) is 19.6 Å². The molecule has 0 bridgehead atoms. The summed E-state index contributed by atoms with van der Waals surface area (Å²) < 4.78 is 2.09. The Hall–Kier alpha value is -1.46. The second kappa shape index (κ2) is 4.43. The Morgan fingerprint density at radius 2 is 2.24 bits per heavy atom. The number of fused-ring (bicyclic) bond motifs is 1. The van der Waals surface area contributed by atoms with Crippen LogP contribution in [0.15, 0.2) is 24.5 Å². The molecule has 0 atom stereocenters. The average Bonchev–Trinajstić information content (AvgIpc) is 2.76. The molecule has 1 aliphatic heterocycles. The van der Waals surface area contributed by atoms with E-state index >= 15 is 0 Å². The van der Waals surface area contributed by atoms with Gasteiger partial charge in [-0.25, -0.2) is 4.98 Å². The Labute approximate surface area is 104 Å². The van der Waals surface area contributed by atoms with Gasteiger partial charge in [-0.3, -0.25) is 4.90 Å². The third kappa shape index (κ3) is 2.30. The molecule has 0 N–H and O–H groups in total. The first kappa shape index (κ1) is 10.7. The van der Waals surface area contributed by atoms with E-state index in [0.717, 1.165) is 37.7 Å². The lowest BCUT2D eigenvalue weighted by Crippen LogP contribution is -2.33. The minimum atomic E-state index is 0.544. The van der Waals surface area contributed by atoms with Crippen LogP contribution in [0.3, 0.4) is 0 Å². The van der Waals surface area contributed by atoms with E-state index in [-0.39, 0.29) is 0 Å². The van der Waals surface area contributed by atoms with Crippen molar-refractivity contribution in [2.75, 3.05) is 6.54 Å². The lowest BCUT2D eigenvalue weighted by molar-refractivity contribution is 0.206. The van der Waals surface area contributed by atoms with E-state index in [1.54, 1.807) is 12.4 Å². The molecule has 0 amide bonds. The first-order valence-electron chi connectivity index (χ1n) is 5.52. The summed E-state index contributed by atoms with van der Waals surface area (Å²) >= 11 is 5.87. The maximum Gasteiger partial charge on any atom is 0.147 e. The van der Waals surface area contributed by atoms with Crippen LogP contribution in [0, 0.1) is 0 Å². The zero-order valence-corrected chi connectivity index (χ0v) is 10.0. The number of pyridine rings is 1. The molecule has 0 aromatic carbocycles. The summed E-state index contributed by atoms with van der Waals surface area (Å²) in [6.07, 6.45) is 1.78. The first-order valence-corrected chi connectivity index (χ1v) is 5.89. The maximum atomic E-state index is 5.87. The third-order valence-corrected chi connectivity index (χ3v) is 3.09. The number of hydrogen-bond donors (Lipinski definition) is 0. The van der Waals surface area contributed by atoms with Crippen LogP contribution in [-0.4, -0.2) is 31.2 Å². The largest absolute Gasteiger partial charge is 0.315 e. The average molecular weight is 250 g/mol. The fourth-order valence-electron chi connectivity index (χ4n) is 2.02. The summed E-state index contributed by atoms with van der Waals surface area (Å²) in [5, 5.41) is 8.54. The van der Waals surface area contributed by atoms with Gasteiger partial charge in [-0.15, -0.1) is 10.2 Å². The standard InChI is InChI=1S/C11H12ClN5/c12-10-3-1-2-9(14-10)6-16-4-5-17-8-13-15-11(17)7-16/h1-3,8H,4-7H2. The Morgan fingerprint density at radius 1 is 1.29 bits per heavy atom. The fraction of sp³-hybridized carbons (Fsp3) is 0.364. The Bertz CT molecular complexity index is 524. The van der Waals surface area contributed by atoms with Crippen molar-refractivity contribution in [1.29, 1.82) is 0 Å². The van der Waals surface area contributed by atoms with Crippen molar-refractivity contribution < 1.29 is 0 Å². The van der Waals surface area contributed by atoms with Crippen molar-refractivity contribution in [3.63, 3.8) is 0 Å². The van der Waals surface area contributed by atoms with Gasteiger partial charge < -0.3 is 4.57 Å². The number of halogens is 1. The number of hydrogen-bond acceptors (Lipinski definition) is 4. The molecule has 3 rings (SSSR count). The molecule has 0 saturated heterocycles. The summed E-state index contributed by atoms with van der Waals surface area (Å²) in [5.74, 6) is 1.01. The molecule has 0 aliphatic carbocycles. The molecule has 2 aromatic rings. The summed E-state index contributed by atoms with van der Waals surface area (Å²) in [6, 6.07) is 5.71. The fourth-order valence-corrected chi connectivity index (χ4v) is 2.20. The predicted octanol–water partition coefficient (Wildman–Crippen LogP) is 1.34. The minimum absolute atomic E-state index is 0.544. The molecule has 88 valence electrons. The summed E-state index contributed by atoms with van der Waals surface area (Å²) in [4.78, 5) is 6.59. The van der Waals surface area contributed by atoms with Crippen LogP contribution in [0.25, 0.3) is 0 Å². The van der Waals surface area contributed by atoms with Gasteiger partial charge in [0.05, 0.1) is 12.2 Å². The van der Waals surface area contributed by atoms with Gasteiger partial charge in [-0.2, -0.15) is 0 Å². The SMILES string of the molecule is Clc1cccc(CN2CCn3cnnc3C2)n1. The van der Waals surface area contributed by atoms with Crippen LogP contribution < -0.4 is 0 Å². The van der Waals surface area contributed by atoms with E-state index in [0.29, 0.717) is 5.15 Å². The third-order valence-electron chi connectivity index (χ3n) is 2.88. The summed E-state index contributed by atoms with van der Waals surface area (Å²) in [5.41, 5.74) is 0.991. The lowest BCUT2D eigenvalue weighted by Gasteiger charge is -2.26. The van der Waals surface area contributed by atoms with Gasteiger partial charge >= 0.3 is 0 Å². The van der Waals surface area contributed by atoms with E-state index in [4.69, 9.17) is 11.6 Å². The van der Waals surface area contributed by atoms with Crippen LogP contribution in [0.4, 0.5) is 0 Å². The van der Waals surface area contributed by atoms with E-state index < -0.39 is 0 Å². The first-order chi connectivity index (χ1) is 8.31. The van der Waals surface area contributed by atoms with Gasteiger partial charge in [0.15, 0.2) is 0 Å². The molecule has 0 spiro atoms. The van der Waals surface area contributed by atoms with Crippen molar-refractivity contribution in [1.82, 2.24) is 24.6 Å². The summed E-state index contributed by atoms with van der Waals surface area (Å²) in [6.45, 7) is 3.53. The lowest BCUT2D eigenvalue weighted by atomic mass is 10.3.